The van der Waals surface area contributed by atoms with Crippen LogP contribution in [0.15, 0.2) is 18.2 Å². The van der Waals surface area contributed by atoms with Gasteiger partial charge in [0.05, 0.1) is 18.2 Å². The number of carboxylic acids is 1. The third kappa shape index (κ3) is 2.28. The lowest BCUT2D eigenvalue weighted by molar-refractivity contribution is -0.255. The lowest BCUT2D eigenvalue weighted by Crippen LogP contribution is -2.55. The molecule has 0 radical (unpaired) electrons. The second kappa shape index (κ2) is 4.95. The maximum atomic E-state index is 14.1. The zero-order valence-corrected chi connectivity index (χ0v) is 13.0. The van der Waals surface area contributed by atoms with Crippen molar-refractivity contribution in [3.05, 3.63) is 29.6 Å². The normalized spacial score (nSPS) is 30.5. The average molecular weight is 307 g/mol. The minimum atomic E-state index is -1.35. The van der Waals surface area contributed by atoms with Gasteiger partial charge in [0.1, 0.15) is 5.60 Å². The molecule has 2 saturated heterocycles. The SMILES string of the molecule is CC(C)(C)C1(Oc2cc(C(=O)[O-])ccc2F)CC2CCC1O2. The molecule has 1 aromatic rings. The van der Waals surface area contributed by atoms with Crippen LogP contribution in [-0.2, 0) is 4.74 Å². The highest BCUT2D eigenvalue weighted by Gasteiger charge is 2.60. The Hall–Kier alpha value is -1.62. The second-order valence-corrected chi connectivity index (χ2v) is 7.20. The lowest BCUT2D eigenvalue weighted by atomic mass is 9.68. The molecule has 0 spiro atoms. The van der Waals surface area contributed by atoms with Crippen LogP contribution in [0.2, 0.25) is 0 Å². The highest BCUT2D eigenvalue weighted by Crippen LogP contribution is 2.53. The Morgan fingerprint density at radius 3 is 2.64 bits per heavy atom. The number of halogens is 1. The third-order valence-electron chi connectivity index (χ3n) is 4.89. The van der Waals surface area contributed by atoms with Gasteiger partial charge in [-0.15, -0.1) is 0 Å². The molecule has 2 heterocycles. The quantitative estimate of drug-likeness (QED) is 0.860. The van der Waals surface area contributed by atoms with Crippen LogP contribution >= 0.6 is 0 Å². The lowest BCUT2D eigenvalue weighted by Gasteiger charge is -2.46. The first kappa shape index (κ1) is 15.3. The van der Waals surface area contributed by atoms with E-state index in [1.54, 1.807) is 0 Å². The number of carbonyl (C=O) groups is 1. The van der Waals surface area contributed by atoms with E-state index in [-0.39, 0.29) is 28.9 Å². The van der Waals surface area contributed by atoms with Gasteiger partial charge in [0.15, 0.2) is 11.6 Å². The summed E-state index contributed by atoms with van der Waals surface area (Å²) < 4.78 is 26.1. The van der Waals surface area contributed by atoms with Crippen molar-refractivity contribution in [2.45, 2.75) is 57.8 Å². The van der Waals surface area contributed by atoms with Crippen molar-refractivity contribution in [1.82, 2.24) is 0 Å². The van der Waals surface area contributed by atoms with Crippen molar-refractivity contribution >= 4 is 5.97 Å². The number of hydrogen-bond acceptors (Lipinski definition) is 4. The first-order valence-corrected chi connectivity index (χ1v) is 7.58. The van der Waals surface area contributed by atoms with Gasteiger partial charge in [-0.25, -0.2) is 4.39 Å². The molecule has 120 valence electrons. The van der Waals surface area contributed by atoms with E-state index in [2.05, 4.69) is 0 Å². The molecule has 2 fully saturated rings. The van der Waals surface area contributed by atoms with Crippen LogP contribution < -0.4 is 9.84 Å². The Balaban J connectivity index is 1.99. The summed E-state index contributed by atoms with van der Waals surface area (Å²) in [7, 11) is 0. The number of rotatable bonds is 3. The number of fused-ring (bicyclic) bond motifs is 2. The molecule has 3 unspecified atom stereocenters. The predicted octanol–water partition coefficient (Wildman–Crippen LogP) is 2.30. The Labute approximate surface area is 129 Å². The maximum Gasteiger partial charge on any atom is 0.165 e. The largest absolute Gasteiger partial charge is 0.545 e. The standard InChI is InChI=1S/C17H21FO4/c1-16(2,3)17(9-11-5-7-14(17)21-11)22-13-8-10(15(19)20)4-6-12(13)18/h4,6,8,11,14H,5,7,9H2,1-3H3,(H,19,20)/p-1. The molecule has 0 amide bonds. The molecule has 1 aromatic carbocycles. The van der Waals surface area contributed by atoms with Crippen molar-refractivity contribution in [3.63, 3.8) is 0 Å². The predicted molar refractivity (Wildman–Crippen MR) is 76.1 cm³/mol. The number of benzene rings is 1. The van der Waals surface area contributed by atoms with Gasteiger partial charge in [0, 0.05) is 17.4 Å². The molecule has 3 rings (SSSR count). The fraction of sp³-hybridized carbons (Fsp3) is 0.588. The van der Waals surface area contributed by atoms with E-state index in [4.69, 9.17) is 9.47 Å². The summed E-state index contributed by atoms with van der Waals surface area (Å²) in [6.07, 6.45) is 2.60. The van der Waals surface area contributed by atoms with Crippen molar-refractivity contribution < 1.29 is 23.8 Å². The number of aromatic carboxylic acids is 1. The van der Waals surface area contributed by atoms with Crippen LogP contribution in [0.1, 0.15) is 50.4 Å². The van der Waals surface area contributed by atoms with Gasteiger partial charge in [-0.05, 0) is 31.0 Å². The Morgan fingerprint density at radius 1 is 1.41 bits per heavy atom. The summed E-state index contributed by atoms with van der Waals surface area (Å²) in [6, 6.07) is 3.48. The fourth-order valence-corrected chi connectivity index (χ4v) is 3.62. The van der Waals surface area contributed by atoms with Crippen molar-refractivity contribution in [2.24, 2.45) is 5.41 Å². The van der Waals surface area contributed by atoms with E-state index in [1.807, 2.05) is 20.8 Å². The molecule has 2 aliphatic rings. The van der Waals surface area contributed by atoms with E-state index < -0.39 is 17.4 Å². The molecular weight excluding hydrogens is 287 g/mol. The van der Waals surface area contributed by atoms with Crippen LogP contribution in [0.25, 0.3) is 0 Å². The molecule has 4 nitrogen and oxygen atoms in total. The second-order valence-electron chi connectivity index (χ2n) is 7.20. The molecule has 2 bridgehead atoms. The van der Waals surface area contributed by atoms with Gasteiger partial charge >= 0.3 is 0 Å². The number of carbonyl (C=O) groups excluding carboxylic acids is 1. The van der Waals surface area contributed by atoms with Crippen LogP contribution in [0.3, 0.4) is 0 Å². The van der Waals surface area contributed by atoms with E-state index in [0.717, 1.165) is 18.9 Å². The van der Waals surface area contributed by atoms with E-state index in [1.165, 1.54) is 12.1 Å². The fourth-order valence-electron chi connectivity index (χ4n) is 3.62. The van der Waals surface area contributed by atoms with Gasteiger partial charge in [-0.2, -0.15) is 0 Å². The van der Waals surface area contributed by atoms with Crippen molar-refractivity contribution in [3.8, 4) is 5.75 Å². The molecule has 0 saturated carbocycles. The van der Waals surface area contributed by atoms with E-state index >= 15 is 0 Å². The molecule has 0 aliphatic carbocycles. The van der Waals surface area contributed by atoms with Gasteiger partial charge in [0.2, 0.25) is 0 Å². The zero-order valence-electron chi connectivity index (χ0n) is 13.0. The van der Waals surface area contributed by atoms with Gasteiger partial charge in [-0.1, -0.05) is 20.8 Å². The molecule has 0 aromatic heterocycles. The first-order valence-electron chi connectivity index (χ1n) is 7.58. The van der Waals surface area contributed by atoms with Crippen LogP contribution in [0.4, 0.5) is 4.39 Å². The summed E-state index contributed by atoms with van der Waals surface area (Å²) in [5.74, 6) is -1.97. The maximum absolute atomic E-state index is 14.1. The Morgan fingerprint density at radius 2 is 2.14 bits per heavy atom. The Kier molecular flexibility index (Phi) is 3.44. The van der Waals surface area contributed by atoms with Crippen molar-refractivity contribution in [1.29, 1.82) is 0 Å². The monoisotopic (exact) mass is 307 g/mol. The van der Waals surface area contributed by atoms with E-state index in [0.29, 0.717) is 6.42 Å². The molecule has 2 aliphatic heterocycles. The van der Waals surface area contributed by atoms with Crippen molar-refractivity contribution in [2.75, 3.05) is 0 Å². The smallest absolute Gasteiger partial charge is 0.165 e. The highest BCUT2D eigenvalue weighted by atomic mass is 19.1. The van der Waals surface area contributed by atoms with Crippen LogP contribution in [-0.4, -0.2) is 23.8 Å². The molecule has 3 atom stereocenters. The number of ether oxygens (including phenoxy) is 2. The van der Waals surface area contributed by atoms with E-state index in [9.17, 15) is 14.3 Å². The summed E-state index contributed by atoms with van der Waals surface area (Å²) >= 11 is 0. The average Bonchev–Trinajstić information content (AvgIpc) is 3.01. The molecule has 5 heteroatoms. The zero-order chi connectivity index (χ0) is 16.1. The van der Waals surface area contributed by atoms with Gasteiger partial charge in [-0.3, -0.25) is 0 Å². The Bertz CT molecular complexity index is 607. The number of hydrogen-bond donors (Lipinski definition) is 0. The summed E-state index contributed by atoms with van der Waals surface area (Å²) in [5, 5.41) is 11.0. The molecule has 22 heavy (non-hydrogen) atoms. The highest BCUT2D eigenvalue weighted by molar-refractivity contribution is 5.86. The first-order chi connectivity index (χ1) is 10.2. The van der Waals surface area contributed by atoms with Gasteiger partial charge in [0.25, 0.3) is 0 Å². The van der Waals surface area contributed by atoms with Crippen LogP contribution in [0, 0.1) is 11.2 Å². The topological polar surface area (TPSA) is 58.6 Å². The molecule has 0 N–H and O–H groups in total. The third-order valence-corrected chi connectivity index (χ3v) is 4.89. The summed E-state index contributed by atoms with van der Waals surface area (Å²) in [5.41, 5.74) is -1.01. The minimum Gasteiger partial charge on any atom is -0.545 e. The minimum absolute atomic E-state index is 0.0484. The summed E-state index contributed by atoms with van der Waals surface area (Å²) in [6.45, 7) is 6.12. The molecular formula is C17H20FO4-. The number of carboxylic acid groups (broad SMARTS) is 1. The van der Waals surface area contributed by atoms with Crippen LogP contribution in [0.5, 0.6) is 5.75 Å². The summed E-state index contributed by atoms with van der Waals surface area (Å²) in [4.78, 5) is 11.0. The van der Waals surface area contributed by atoms with Gasteiger partial charge < -0.3 is 19.4 Å².